The van der Waals surface area contributed by atoms with Crippen molar-refractivity contribution < 1.29 is 14.4 Å². The van der Waals surface area contributed by atoms with Crippen LogP contribution in [0.15, 0.2) is 0 Å². The zero-order valence-corrected chi connectivity index (χ0v) is 28.1. The fourth-order valence-electron chi connectivity index (χ4n) is 6.49. The molecule has 40 heavy (non-hydrogen) atoms. The third-order valence-electron chi connectivity index (χ3n) is 9.23. The van der Waals surface area contributed by atoms with E-state index in [1.807, 2.05) is 0 Å². The number of quaternary nitrogens is 1. The molecule has 0 aromatic heterocycles. The van der Waals surface area contributed by atoms with Crippen LogP contribution in [0.2, 0.25) is 0 Å². The highest BCUT2D eigenvalue weighted by atomic mass is 16.4. The molecule has 3 heteroatoms. The topological polar surface area (TPSA) is 37.3 Å². The monoisotopic (exact) mass is 567 g/mol. The van der Waals surface area contributed by atoms with Gasteiger partial charge in [-0.3, -0.25) is 4.79 Å². The zero-order chi connectivity index (χ0) is 29.4. The number of carboxylic acid groups (broad SMARTS) is 1. The summed E-state index contributed by atoms with van der Waals surface area (Å²) in [4.78, 5) is 10.5. The highest BCUT2D eigenvalue weighted by Gasteiger charge is 2.25. The first-order chi connectivity index (χ1) is 19.6. The maximum absolute atomic E-state index is 10.5. The molecule has 0 bridgehead atoms. The van der Waals surface area contributed by atoms with Crippen LogP contribution in [0.1, 0.15) is 207 Å². The molecule has 0 atom stereocenters. The van der Waals surface area contributed by atoms with Crippen molar-refractivity contribution in [2.75, 3.05) is 26.2 Å². The number of carbonyl (C=O) groups is 1. The van der Waals surface area contributed by atoms with E-state index in [-0.39, 0.29) is 0 Å². The summed E-state index contributed by atoms with van der Waals surface area (Å²) in [5.74, 6) is -0.647. The van der Waals surface area contributed by atoms with Gasteiger partial charge in [0.25, 0.3) is 0 Å². The van der Waals surface area contributed by atoms with Crippen LogP contribution in [0.3, 0.4) is 0 Å². The predicted octanol–water partition coefficient (Wildman–Crippen LogP) is 12.3. The summed E-state index contributed by atoms with van der Waals surface area (Å²) < 4.78 is 1.45. The maximum Gasteiger partial charge on any atom is 0.303 e. The van der Waals surface area contributed by atoms with Gasteiger partial charge in [0.2, 0.25) is 0 Å². The molecule has 0 aromatic carbocycles. The van der Waals surface area contributed by atoms with Crippen molar-refractivity contribution >= 4 is 5.97 Å². The minimum atomic E-state index is -0.647. The first-order valence-electron chi connectivity index (χ1n) is 18.7. The van der Waals surface area contributed by atoms with Crippen LogP contribution >= 0.6 is 0 Å². The van der Waals surface area contributed by atoms with Gasteiger partial charge in [0.05, 0.1) is 26.2 Å². The van der Waals surface area contributed by atoms with Gasteiger partial charge < -0.3 is 9.59 Å². The number of unbranched alkanes of at least 4 members (excludes halogenated alkanes) is 24. The summed E-state index contributed by atoms with van der Waals surface area (Å²) in [6.07, 6.45) is 38.8. The molecule has 0 spiro atoms. The first kappa shape index (κ1) is 39.4. The molecule has 0 rings (SSSR count). The smallest absolute Gasteiger partial charge is 0.303 e. The SMILES string of the molecule is CCCCCC[N+](CCCCCC)(CCCCCC)CCCCCCCCCCCCCCCCCCC(=O)O. The fraction of sp³-hybridized carbons (Fsp3) is 0.973. The molecule has 0 saturated carbocycles. The third kappa shape index (κ3) is 27.6. The molecule has 0 amide bonds. The number of hydrogen-bond acceptors (Lipinski definition) is 1. The Balaban J connectivity index is 4.02. The lowest BCUT2D eigenvalue weighted by Gasteiger charge is -2.39. The Bertz CT molecular complexity index is 475. The van der Waals surface area contributed by atoms with Gasteiger partial charge in [-0.2, -0.15) is 0 Å². The summed E-state index contributed by atoms with van der Waals surface area (Å²) in [6, 6.07) is 0. The van der Waals surface area contributed by atoms with Crippen LogP contribution in [0.4, 0.5) is 0 Å². The highest BCUT2D eigenvalue weighted by Crippen LogP contribution is 2.20. The van der Waals surface area contributed by atoms with E-state index in [1.165, 1.54) is 198 Å². The lowest BCUT2D eigenvalue weighted by atomic mass is 10.0. The van der Waals surface area contributed by atoms with Crippen molar-refractivity contribution in [2.24, 2.45) is 0 Å². The average Bonchev–Trinajstić information content (AvgIpc) is 2.95. The van der Waals surface area contributed by atoms with E-state index >= 15 is 0 Å². The van der Waals surface area contributed by atoms with E-state index in [0.29, 0.717) is 6.42 Å². The van der Waals surface area contributed by atoms with Gasteiger partial charge in [0.1, 0.15) is 0 Å². The lowest BCUT2D eigenvalue weighted by Crippen LogP contribution is -2.50. The van der Waals surface area contributed by atoms with Gasteiger partial charge in [0.15, 0.2) is 0 Å². The van der Waals surface area contributed by atoms with Crippen LogP contribution in [0.25, 0.3) is 0 Å². The zero-order valence-electron chi connectivity index (χ0n) is 28.1. The second-order valence-electron chi connectivity index (χ2n) is 13.2. The lowest BCUT2D eigenvalue weighted by molar-refractivity contribution is -0.929. The normalized spacial score (nSPS) is 11.9. The molecule has 0 aromatic rings. The van der Waals surface area contributed by atoms with Crippen molar-refractivity contribution in [3.05, 3.63) is 0 Å². The summed E-state index contributed by atoms with van der Waals surface area (Å²) >= 11 is 0. The Morgan fingerprint density at radius 3 is 0.850 bits per heavy atom. The Morgan fingerprint density at radius 2 is 0.600 bits per heavy atom. The number of aliphatic carboxylic acids is 1. The van der Waals surface area contributed by atoms with Crippen LogP contribution in [0.5, 0.6) is 0 Å². The van der Waals surface area contributed by atoms with E-state index in [0.717, 1.165) is 12.8 Å². The minimum absolute atomic E-state index is 0.345. The van der Waals surface area contributed by atoms with Gasteiger partial charge in [-0.1, -0.05) is 143 Å². The van der Waals surface area contributed by atoms with Gasteiger partial charge in [-0.15, -0.1) is 0 Å². The molecule has 1 N–H and O–H groups in total. The number of carboxylic acids is 1. The molecule has 0 radical (unpaired) electrons. The van der Waals surface area contributed by atoms with Crippen molar-refractivity contribution in [2.45, 2.75) is 207 Å². The minimum Gasteiger partial charge on any atom is -0.481 e. The van der Waals surface area contributed by atoms with Crippen LogP contribution in [-0.4, -0.2) is 41.7 Å². The molecule has 0 unspecified atom stereocenters. The number of hydrogen-bond donors (Lipinski definition) is 1. The van der Waals surface area contributed by atoms with E-state index in [4.69, 9.17) is 5.11 Å². The average molecular weight is 567 g/mol. The molecule has 0 saturated heterocycles. The second-order valence-corrected chi connectivity index (χ2v) is 13.2. The van der Waals surface area contributed by atoms with Gasteiger partial charge >= 0.3 is 5.97 Å². The fourth-order valence-corrected chi connectivity index (χ4v) is 6.49. The Labute approximate surface area is 253 Å². The first-order valence-corrected chi connectivity index (χ1v) is 18.7. The second kappa shape index (κ2) is 31.4. The van der Waals surface area contributed by atoms with E-state index in [9.17, 15) is 4.79 Å². The summed E-state index contributed by atoms with van der Waals surface area (Å²) in [6.45, 7) is 12.8. The summed E-state index contributed by atoms with van der Waals surface area (Å²) in [7, 11) is 0. The predicted molar refractivity (Wildman–Crippen MR) is 178 cm³/mol. The molecule has 0 aliphatic heterocycles. The van der Waals surface area contributed by atoms with Crippen molar-refractivity contribution in [1.29, 1.82) is 0 Å². The number of nitrogens with zero attached hydrogens (tertiary/aromatic N) is 1. The Hall–Kier alpha value is -0.570. The summed E-state index contributed by atoms with van der Waals surface area (Å²) in [5.41, 5.74) is 0. The van der Waals surface area contributed by atoms with Gasteiger partial charge in [-0.25, -0.2) is 0 Å². The van der Waals surface area contributed by atoms with Crippen LogP contribution in [-0.2, 0) is 4.79 Å². The largest absolute Gasteiger partial charge is 0.481 e. The quantitative estimate of drug-likeness (QED) is 0.0621. The molecule has 3 nitrogen and oxygen atoms in total. The molecule has 0 fully saturated rings. The molecular weight excluding hydrogens is 490 g/mol. The highest BCUT2D eigenvalue weighted by molar-refractivity contribution is 5.66. The third-order valence-corrected chi connectivity index (χ3v) is 9.23. The molecule has 0 aliphatic carbocycles. The van der Waals surface area contributed by atoms with Crippen molar-refractivity contribution in [3.63, 3.8) is 0 Å². The van der Waals surface area contributed by atoms with Gasteiger partial charge in [-0.05, 0) is 57.8 Å². The maximum atomic E-state index is 10.5. The molecular formula is C37H76NO2+. The number of rotatable bonds is 34. The Morgan fingerprint density at radius 1 is 0.375 bits per heavy atom. The van der Waals surface area contributed by atoms with E-state index < -0.39 is 5.97 Å². The van der Waals surface area contributed by atoms with Gasteiger partial charge in [0, 0.05) is 6.42 Å². The van der Waals surface area contributed by atoms with Crippen LogP contribution in [0, 0.1) is 0 Å². The molecule has 240 valence electrons. The van der Waals surface area contributed by atoms with E-state index in [1.54, 1.807) is 0 Å². The molecule has 0 heterocycles. The van der Waals surface area contributed by atoms with Crippen LogP contribution < -0.4 is 0 Å². The molecule has 0 aliphatic rings. The Kier molecular flexibility index (Phi) is 30.9. The van der Waals surface area contributed by atoms with Crippen molar-refractivity contribution in [3.8, 4) is 0 Å². The standard InChI is InChI=1S/C37H75NO2/c1-4-7-10-28-33-38(34-29-11-8-5-2,35-30-12-9-6-3)36-31-26-24-22-20-18-16-14-13-15-17-19-21-23-25-27-32-37(39)40/h4-36H2,1-3H3/p+1. The van der Waals surface area contributed by atoms with E-state index in [2.05, 4.69) is 20.8 Å². The van der Waals surface area contributed by atoms with Crippen molar-refractivity contribution in [1.82, 2.24) is 0 Å². The summed E-state index contributed by atoms with van der Waals surface area (Å²) in [5, 5.41) is 8.68.